The molecule has 1 fully saturated rings. The highest BCUT2D eigenvalue weighted by Crippen LogP contribution is 2.52. The number of hydrogen-bond donors (Lipinski definition) is 0. The Kier molecular flexibility index (Phi) is 6.54. The zero-order chi connectivity index (χ0) is 20.1. The van der Waals surface area contributed by atoms with E-state index in [0.717, 1.165) is 29.1 Å². The van der Waals surface area contributed by atoms with Crippen LogP contribution in [-0.4, -0.2) is 17.3 Å². The first-order chi connectivity index (χ1) is 13.5. The second-order valence-corrected chi connectivity index (χ2v) is 10.3. The number of ketones is 1. The molecule has 28 heavy (non-hydrogen) atoms. The van der Waals surface area contributed by atoms with Crippen molar-refractivity contribution in [3.8, 4) is 12.1 Å². The van der Waals surface area contributed by atoms with Gasteiger partial charge < -0.3 is 4.42 Å². The van der Waals surface area contributed by atoms with E-state index in [4.69, 9.17) is 4.42 Å². The summed E-state index contributed by atoms with van der Waals surface area (Å²) < 4.78 is 6.00. The van der Waals surface area contributed by atoms with Crippen molar-refractivity contribution in [2.45, 2.75) is 36.7 Å². The summed E-state index contributed by atoms with van der Waals surface area (Å²) >= 11 is 3.72. The SMILES string of the molecule is CC(=O)Cc1oc([C@H](c2ccccc2)C(C#N)C#N)cc1C1(C)SCCCS1. The average molecular weight is 411 g/mol. The van der Waals surface area contributed by atoms with Crippen LogP contribution in [0.3, 0.4) is 0 Å². The smallest absolute Gasteiger partial charge is 0.147 e. The molecule has 0 spiro atoms. The predicted molar refractivity (Wildman–Crippen MR) is 113 cm³/mol. The van der Waals surface area contributed by atoms with E-state index in [9.17, 15) is 15.3 Å². The van der Waals surface area contributed by atoms with Gasteiger partial charge in [0.1, 0.15) is 23.2 Å². The molecule has 6 heteroatoms. The Balaban J connectivity index is 2.12. The highest BCUT2D eigenvalue weighted by atomic mass is 32.2. The molecular weight excluding hydrogens is 388 g/mol. The van der Waals surface area contributed by atoms with Gasteiger partial charge in [0.25, 0.3) is 0 Å². The van der Waals surface area contributed by atoms with Crippen molar-refractivity contribution in [2.24, 2.45) is 5.92 Å². The van der Waals surface area contributed by atoms with Crippen molar-refractivity contribution in [3.05, 3.63) is 59.0 Å². The fraction of sp³-hybridized carbons (Fsp3) is 0.409. The van der Waals surface area contributed by atoms with Crippen LogP contribution in [0.15, 0.2) is 40.8 Å². The van der Waals surface area contributed by atoms with E-state index >= 15 is 0 Å². The molecular formula is C22H22N2O2S2. The van der Waals surface area contributed by atoms with Crippen molar-refractivity contribution in [1.29, 1.82) is 10.5 Å². The number of thioether (sulfide) groups is 2. The molecule has 1 aliphatic rings. The Morgan fingerprint density at radius 3 is 2.43 bits per heavy atom. The van der Waals surface area contributed by atoms with Crippen LogP contribution in [0.1, 0.15) is 48.8 Å². The number of nitrogens with zero attached hydrogens (tertiary/aromatic N) is 2. The van der Waals surface area contributed by atoms with E-state index in [1.807, 2.05) is 59.9 Å². The summed E-state index contributed by atoms with van der Waals surface area (Å²) in [5.74, 6) is 2.03. The molecule has 1 saturated heterocycles. The summed E-state index contributed by atoms with van der Waals surface area (Å²) in [4.78, 5) is 11.9. The highest BCUT2D eigenvalue weighted by Gasteiger charge is 2.37. The monoisotopic (exact) mass is 410 g/mol. The molecule has 1 atom stereocenters. The van der Waals surface area contributed by atoms with Gasteiger partial charge in [-0.05, 0) is 43.4 Å². The molecule has 0 saturated carbocycles. The highest BCUT2D eigenvalue weighted by molar-refractivity contribution is 8.18. The first-order valence-corrected chi connectivity index (χ1v) is 11.2. The number of Topliss-reactive ketones (excluding diaryl/α,β-unsaturated/α-hetero) is 1. The molecule has 0 aliphatic carbocycles. The van der Waals surface area contributed by atoms with Gasteiger partial charge in [0.05, 0.1) is 28.6 Å². The third-order valence-electron chi connectivity index (χ3n) is 4.85. The Bertz CT molecular complexity index is 904. The third kappa shape index (κ3) is 4.29. The molecule has 2 heterocycles. The van der Waals surface area contributed by atoms with E-state index in [2.05, 4.69) is 19.1 Å². The minimum atomic E-state index is -0.869. The molecule has 0 N–H and O–H groups in total. The third-order valence-corrected chi connectivity index (χ3v) is 8.08. The number of nitriles is 2. The predicted octanol–water partition coefficient (Wildman–Crippen LogP) is 5.25. The molecule has 0 bridgehead atoms. The lowest BCUT2D eigenvalue weighted by molar-refractivity contribution is -0.116. The average Bonchev–Trinajstić information content (AvgIpc) is 3.10. The fourth-order valence-corrected chi connectivity index (χ4v) is 6.52. The van der Waals surface area contributed by atoms with Gasteiger partial charge in [-0.2, -0.15) is 10.5 Å². The molecule has 3 rings (SSSR count). The van der Waals surface area contributed by atoms with Crippen LogP contribution in [0.25, 0.3) is 0 Å². The maximum absolute atomic E-state index is 11.9. The van der Waals surface area contributed by atoms with Gasteiger partial charge in [-0.25, -0.2) is 0 Å². The molecule has 1 aromatic carbocycles. The van der Waals surface area contributed by atoms with Crippen LogP contribution < -0.4 is 0 Å². The van der Waals surface area contributed by atoms with Crippen LogP contribution in [0.2, 0.25) is 0 Å². The lowest BCUT2D eigenvalue weighted by Gasteiger charge is -2.32. The van der Waals surface area contributed by atoms with Gasteiger partial charge in [0.15, 0.2) is 0 Å². The molecule has 1 aromatic heterocycles. The van der Waals surface area contributed by atoms with Gasteiger partial charge in [0.2, 0.25) is 0 Å². The van der Waals surface area contributed by atoms with Gasteiger partial charge >= 0.3 is 0 Å². The van der Waals surface area contributed by atoms with Gasteiger partial charge in [-0.3, -0.25) is 4.79 Å². The van der Waals surface area contributed by atoms with E-state index in [1.54, 1.807) is 6.92 Å². The molecule has 0 amide bonds. The summed E-state index contributed by atoms with van der Waals surface area (Å²) in [6.07, 6.45) is 1.38. The van der Waals surface area contributed by atoms with Crippen LogP contribution >= 0.6 is 23.5 Å². The van der Waals surface area contributed by atoms with E-state index in [-0.39, 0.29) is 16.3 Å². The van der Waals surface area contributed by atoms with Crippen molar-refractivity contribution in [1.82, 2.24) is 0 Å². The quantitative estimate of drug-likeness (QED) is 0.647. The summed E-state index contributed by atoms with van der Waals surface area (Å²) in [6.45, 7) is 3.72. The number of rotatable bonds is 6. The summed E-state index contributed by atoms with van der Waals surface area (Å²) in [6, 6.07) is 15.7. The van der Waals surface area contributed by atoms with Crippen LogP contribution in [-0.2, 0) is 15.3 Å². The second-order valence-electron chi connectivity index (χ2n) is 6.98. The maximum atomic E-state index is 11.9. The Labute approximate surface area is 174 Å². The van der Waals surface area contributed by atoms with Crippen molar-refractivity contribution < 1.29 is 9.21 Å². The molecule has 0 radical (unpaired) electrons. The largest absolute Gasteiger partial charge is 0.464 e. The fourth-order valence-electron chi connectivity index (χ4n) is 3.49. The number of furan rings is 1. The lowest BCUT2D eigenvalue weighted by Crippen LogP contribution is -2.20. The summed E-state index contributed by atoms with van der Waals surface area (Å²) in [5, 5.41) is 19.1. The molecule has 1 aliphatic heterocycles. The molecule has 144 valence electrons. The standard InChI is InChI=1S/C22H22N2O2S2/c1-15(25)11-19-18(22(2)27-9-6-10-28-22)12-20(26-19)21(17(13-23)14-24)16-7-4-3-5-8-16/h3-5,7-8,12,17,21H,6,9-11H2,1-2H3/t21-/m1/s1. The molecule has 4 nitrogen and oxygen atoms in total. The van der Waals surface area contributed by atoms with Crippen LogP contribution in [0.5, 0.6) is 0 Å². The second kappa shape index (κ2) is 8.90. The Hall–Kier alpha value is -2.15. The summed E-state index contributed by atoms with van der Waals surface area (Å²) in [7, 11) is 0. The number of carbonyl (C=O) groups excluding carboxylic acids is 1. The zero-order valence-corrected chi connectivity index (χ0v) is 17.6. The maximum Gasteiger partial charge on any atom is 0.147 e. The summed E-state index contributed by atoms with van der Waals surface area (Å²) in [5.41, 5.74) is 1.86. The topological polar surface area (TPSA) is 77.8 Å². The first-order valence-electron chi connectivity index (χ1n) is 9.23. The van der Waals surface area contributed by atoms with Crippen molar-refractivity contribution in [3.63, 3.8) is 0 Å². The minimum absolute atomic E-state index is 0.0323. The van der Waals surface area contributed by atoms with Crippen molar-refractivity contribution in [2.75, 3.05) is 11.5 Å². The van der Waals surface area contributed by atoms with E-state index in [0.29, 0.717) is 11.5 Å². The van der Waals surface area contributed by atoms with Gasteiger partial charge in [-0.15, -0.1) is 23.5 Å². The Morgan fingerprint density at radius 1 is 1.21 bits per heavy atom. The van der Waals surface area contributed by atoms with Gasteiger partial charge in [-0.1, -0.05) is 30.3 Å². The van der Waals surface area contributed by atoms with Crippen molar-refractivity contribution >= 4 is 29.3 Å². The number of benzene rings is 1. The first kappa shape index (κ1) is 20.6. The van der Waals surface area contributed by atoms with Gasteiger partial charge in [0, 0.05) is 5.56 Å². The Morgan fingerprint density at radius 2 is 1.86 bits per heavy atom. The number of hydrogen-bond acceptors (Lipinski definition) is 6. The molecule has 0 unspecified atom stereocenters. The van der Waals surface area contributed by atoms with Crippen LogP contribution in [0.4, 0.5) is 0 Å². The van der Waals surface area contributed by atoms with E-state index in [1.165, 1.54) is 0 Å². The zero-order valence-electron chi connectivity index (χ0n) is 16.0. The minimum Gasteiger partial charge on any atom is -0.464 e. The normalized spacial score (nSPS) is 16.9. The van der Waals surface area contributed by atoms with Crippen LogP contribution in [0, 0.1) is 28.6 Å². The van der Waals surface area contributed by atoms with E-state index < -0.39 is 11.8 Å². The number of carbonyl (C=O) groups is 1. The lowest BCUT2D eigenvalue weighted by atomic mass is 9.85. The molecule has 2 aromatic rings.